The second kappa shape index (κ2) is 6.48. The predicted octanol–water partition coefficient (Wildman–Crippen LogP) is 4.00. The Bertz CT molecular complexity index is 644. The van der Waals surface area contributed by atoms with Gasteiger partial charge in [0.15, 0.2) is 0 Å². The van der Waals surface area contributed by atoms with Gasteiger partial charge in [0.1, 0.15) is 6.04 Å². The van der Waals surface area contributed by atoms with E-state index in [4.69, 9.17) is 16.1 Å². The lowest BCUT2D eigenvalue weighted by molar-refractivity contribution is -0.123. The van der Waals surface area contributed by atoms with Crippen LogP contribution in [0.4, 0.5) is 0 Å². The number of amides is 1. The zero-order chi connectivity index (χ0) is 16.3. The number of aromatic nitrogens is 2. The van der Waals surface area contributed by atoms with Gasteiger partial charge in [0.25, 0.3) is 0 Å². The van der Waals surface area contributed by atoms with Gasteiger partial charge in [-0.05, 0) is 36.6 Å². The number of benzene rings is 1. The van der Waals surface area contributed by atoms with Crippen LogP contribution in [-0.2, 0) is 4.79 Å². The molecule has 1 amide bonds. The number of carbonyl (C=O) groups is 1. The first-order valence-electron chi connectivity index (χ1n) is 7.13. The molecule has 1 N–H and O–H groups in total. The Morgan fingerprint density at radius 1 is 1.32 bits per heavy atom. The van der Waals surface area contributed by atoms with Crippen LogP contribution < -0.4 is 5.32 Å². The van der Waals surface area contributed by atoms with Gasteiger partial charge in [0.05, 0.1) is 0 Å². The molecule has 1 aromatic heterocycles. The number of halogens is 1. The Labute approximate surface area is 135 Å². The van der Waals surface area contributed by atoms with Gasteiger partial charge in [-0.15, -0.1) is 0 Å². The molecule has 0 fully saturated rings. The third-order valence-electron chi connectivity index (χ3n) is 2.98. The minimum Gasteiger partial charge on any atom is -0.345 e. The van der Waals surface area contributed by atoms with Crippen LogP contribution in [0.3, 0.4) is 0 Å². The van der Waals surface area contributed by atoms with E-state index in [1.165, 1.54) is 0 Å². The molecule has 0 saturated carbocycles. The van der Waals surface area contributed by atoms with Gasteiger partial charge in [0, 0.05) is 17.0 Å². The van der Waals surface area contributed by atoms with E-state index in [2.05, 4.69) is 15.5 Å². The predicted molar refractivity (Wildman–Crippen MR) is 85.4 cm³/mol. The van der Waals surface area contributed by atoms with Gasteiger partial charge in [0.2, 0.25) is 17.6 Å². The highest BCUT2D eigenvalue weighted by atomic mass is 35.5. The Morgan fingerprint density at radius 2 is 1.95 bits per heavy atom. The maximum absolute atomic E-state index is 11.9. The Balaban J connectivity index is 2.04. The highest BCUT2D eigenvalue weighted by molar-refractivity contribution is 6.30. The largest absolute Gasteiger partial charge is 0.345 e. The van der Waals surface area contributed by atoms with Gasteiger partial charge >= 0.3 is 0 Å². The zero-order valence-electron chi connectivity index (χ0n) is 13.2. The van der Waals surface area contributed by atoms with E-state index in [9.17, 15) is 4.79 Å². The lowest BCUT2D eigenvalue weighted by Crippen LogP contribution is -2.30. The first-order chi connectivity index (χ1) is 10.2. The third kappa shape index (κ3) is 4.56. The summed E-state index contributed by atoms with van der Waals surface area (Å²) in [5, 5.41) is 7.46. The maximum atomic E-state index is 11.9. The molecule has 1 heterocycles. The fraction of sp³-hybridized carbons (Fsp3) is 0.438. The lowest BCUT2D eigenvalue weighted by Gasteiger charge is -2.18. The van der Waals surface area contributed by atoms with Crippen molar-refractivity contribution in [2.75, 3.05) is 0 Å². The summed E-state index contributed by atoms with van der Waals surface area (Å²) in [6, 6.07) is 6.84. The molecule has 2 rings (SSSR count). The topological polar surface area (TPSA) is 68.0 Å². The molecule has 0 spiro atoms. The summed E-state index contributed by atoms with van der Waals surface area (Å²) in [6.45, 7) is 7.87. The summed E-state index contributed by atoms with van der Waals surface area (Å²) in [5.74, 6) is 0.821. The summed E-state index contributed by atoms with van der Waals surface area (Å²) >= 11 is 5.85. The highest BCUT2D eigenvalue weighted by Crippen LogP contribution is 2.22. The Kier molecular flexibility index (Phi) is 4.86. The van der Waals surface area contributed by atoms with Crippen LogP contribution >= 0.6 is 11.6 Å². The molecule has 5 nitrogen and oxygen atoms in total. The molecule has 118 valence electrons. The molecule has 0 aliphatic rings. The third-order valence-corrected chi connectivity index (χ3v) is 3.23. The van der Waals surface area contributed by atoms with E-state index in [1.54, 1.807) is 12.1 Å². The molecular weight excluding hydrogens is 302 g/mol. The first-order valence-corrected chi connectivity index (χ1v) is 7.51. The molecule has 0 unspecified atom stereocenters. The molecule has 0 saturated heterocycles. The van der Waals surface area contributed by atoms with Gasteiger partial charge in [-0.2, -0.15) is 4.98 Å². The van der Waals surface area contributed by atoms with Gasteiger partial charge in [-0.3, -0.25) is 4.79 Å². The molecule has 1 aromatic carbocycles. The first kappa shape index (κ1) is 16.5. The Morgan fingerprint density at radius 3 is 2.55 bits per heavy atom. The number of rotatable bonds is 4. The second-order valence-corrected chi connectivity index (χ2v) is 6.93. The van der Waals surface area contributed by atoms with Crippen molar-refractivity contribution in [3.05, 3.63) is 35.2 Å². The average Bonchev–Trinajstić information content (AvgIpc) is 2.86. The van der Waals surface area contributed by atoms with E-state index >= 15 is 0 Å². The molecular formula is C16H20ClN3O2. The van der Waals surface area contributed by atoms with E-state index in [-0.39, 0.29) is 17.4 Å². The average molecular weight is 322 g/mol. The smallest absolute Gasteiger partial charge is 0.249 e. The quantitative estimate of drug-likeness (QED) is 0.924. The van der Waals surface area contributed by atoms with Crippen LogP contribution in [0.1, 0.15) is 46.0 Å². The molecule has 1 atom stereocenters. The van der Waals surface area contributed by atoms with Crippen molar-refractivity contribution in [3.8, 4) is 11.4 Å². The number of nitrogens with zero attached hydrogens (tertiary/aromatic N) is 2. The van der Waals surface area contributed by atoms with Gasteiger partial charge in [-0.25, -0.2) is 0 Å². The van der Waals surface area contributed by atoms with Gasteiger partial charge in [-0.1, -0.05) is 37.5 Å². The van der Waals surface area contributed by atoms with E-state index in [0.717, 1.165) is 5.56 Å². The van der Waals surface area contributed by atoms with Crippen molar-refractivity contribution in [1.29, 1.82) is 0 Å². The SMILES string of the molecule is C[C@@H](NC(=O)CC(C)(C)C)c1nc(-c2ccc(Cl)cc2)no1. The van der Waals surface area contributed by atoms with E-state index in [1.807, 2.05) is 39.8 Å². The van der Waals surface area contributed by atoms with Crippen molar-refractivity contribution in [2.24, 2.45) is 5.41 Å². The van der Waals surface area contributed by atoms with Crippen LogP contribution in [-0.4, -0.2) is 16.0 Å². The van der Waals surface area contributed by atoms with Crippen LogP contribution in [0, 0.1) is 5.41 Å². The van der Waals surface area contributed by atoms with E-state index in [0.29, 0.717) is 23.2 Å². The molecule has 0 aliphatic heterocycles. The number of hydrogen-bond acceptors (Lipinski definition) is 4. The van der Waals surface area contributed by atoms with Crippen LogP contribution in [0.5, 0.6) is 0 Å². The van der Waals surface area contributed by atoms with Crippen molar-refractivity contribution >= 4 is 17.5 Å². The van der Waals surface area contributed by atoms with Crippen LogP contribution in [0.15, 0.2) is 28.8 Å². The summed E-state index contributed by atoms with van der Waals surface area (Å²) in [4.78, 5) is 16.3. The minimum atomic E-state index is -0.330. The summed E-state index contributed by atoms with van der Waals surface area (Å²) in [6.07, 6.45) is 0.440. The van der Waals surface area contributed by atoms with Crippen molar-refractivity contribution in [2.45, 2.75) is 40.2 Å². The normalized spacial score (nSPS) is 13.0. The highest BCUT2D eigenvalue weighted by Gasteiger charge is 2.21. The van der Waals surface area contributed by atoms with Crippen LogP contribution in [0.25, 0.3) is 11.4 Å². The summed E-state index contributed by atoms with van der Waals surface area (Å²) < 4.78 is 5.23. The van der Waals surface area contributed by atoms with E-state index < -0.39 is 0 Å². The minimum absolute atomic E-state index is 0.0359. The second-order valence-electron chi connectivity index (χ2n) is 6.49. The summed E-state index contributed by atoms with van der Waals surface area (Å²) in [5.41, 5.74) is 0.750. The number of hydrogen-bond donors (Lipinski definition) is 1. The monoisotopic (exact) mass is 321 g/mol. The molecule has 22 heavy (non-hydrogen) atoms. The maximum Gasteiger partial charge on any atom is 0.249 e. The fourth-order valence-corrected chi connectivity index (χ4v) is 2.09. The molecule has 2 aromatic rings. The molecule has 6 heteroatoms. The molecule has 0 aliphatic carbocycles. The van der Waals surface area contributed by atoms with Crippen molar-refractivity contribution in [3.63, 3.8) is 0 Å². The fourth-order valence-electron chi connectivity index (χ4n) is 1.96. The standard InChI is InChI=1S/C16H20ClN3O2/c1-10(18-13(21)9-16(2,3)4)15-19-14(20-22-15)11-5-7-12(17)8-6-11/h5-8,10H,9H2,1-4H3,(H,18,21)/t10-/m1/s1. The van der Waals surface area contributed by atoms with Crippen molar-refractivity contribution < 1.29 is 9.32 Å². The number of nitrogens with one attached hydrogen (secondary N) is 1. The number of carbonyl (C=O) groups excluding carboxylic acids is 1. The molecule has 0 bridgehead atoms. The lowest BCUT2D eigenvalue weighted by atomic mass is 9.92. The van der Waals surface area contributed by atoms with Crippen LogP contribution in [0.2, 0.25) is 5.02 Å². The zero-order valence-corrected chi connectivity index (χ0v) is 13.9. The van der Waals surface area contributed by atoms with Crippen molar-refractivity contribution in [1.82, 2.24) is 15.5 Å². The van der Waals surface area contributed by atoms with Gasteiger partial charge < -0.3 is 9.84 Å². The summed E-state index contributed by atoms with van der Waals surface area (Å²) in [7, 11) is 0. The Hall–Kier alpha value is -1.88. The molecule has 0 radical (unpaired) electrons.